The molecule has 0 spiro atoms. The minimum absolute atomic E-state index is 0.0403. The van der Waals surface area contributed by atoms with E-state index in [0.29, 0.717) is 18.0 Å². The first kappa shape index (κ1) is 11.4. The second-order valence-electron chi connectivity index (χ2n) is 3.27. The summed E-state index contributed by atoms with van der Waals surface area (Å²) in [7, 11) is 0. The Bertz CT molecular complexity index is 350. The summed E-state index contributed by atoms with van der Waals surface area (Å²) in [6.07, 6.45) is 0. The topological polar surface area (TPSA) is 64.3 Å². The number of nitrogen functional groups attached to an aromatic ring is 1. The van der Waals surface area contributed by atoms with E-state index < -0.39 is 0 Å². The highest BCUT2D eigenvalue weighted by Gasteiger charge is 2.03. The van der Waals surface area contributed by atoms with E-state index >= 15 is 0 Å². The summed E-state index contributed by atoms with van der Waals surface area (Å²) < 4.78 is 5.34. The number of benzene rings is 1. The van der Waals surface area contributed by atoms with Crippen molar-refractivity contribution >= 4 is 11.6 Å². The third-order valence-electron chi connectivity index (χ3n) is 1.93. The minimum Gasteiger partial charge on any atom is -0.484 e. The largest absolute Gasteiger partial charge is 0.484 e. The maximum atomic E-state index is 11.1. The normalized spacial score (nSPS) is 9.73. The lowest BCUT2D eigenvalue weighted by Crippen LogP contribution is -2.28. The van der Waals surface area contributed by atoms with Crippen molar-refractivity contribution in [3.05, 3.63) is 23.8 Å². The zero-order chi connectivity index (χ0) is 11.3. The van der Waals surface area contributed by atoms with Crippen LogP contribution in [0.15, 0.2) is 18.2 Å². The maximum absolute atomic E-state index is 11.1. The van der Waals surface area contributed by atoms with Crippen LogP contribution < -0.4 is 15.8 Å². The number of ether oxygens (including phenoxy) is 1. The highest BCUT2D eigenvalue weighted by Crippen LogP contribution is 2.19. The molecule has 15 heavy (non-hydrogen) atoms. The maximum Gasteiger partial charge on any atom is 0.257 e. The third kappa shape index (κ3) is 3.50. The molecular weight excluding hydrogens is 192 g/mol. The van der Waals surface area contributed by atoms with Gasteiger partial charge in [0.25, 0.3) is 5.91 Å². The summed E-state index contributed by atoms with van der Waals surface area (Å²) in [5.41, 5.74) is 7.22. The van der Waals surface area contributed by atoms with Gasteiger partial charge in [0.15, 0.2) is 6.61 Å². The Labute approximate surface area is 89.4 Å². The predicted octanol–water partition coefficient (Wildman–Crippen LogP) is 1.09. The van der Waals surface area contributed by atoms with E-state index in [-0.39, 0.29) is 12.5 Å². The van der Waals surface area contributed by atoms with Crippen molar-refractivity contribution in [2.75, 3.05) is 18.9 Å². The van der Waals surface area contributed by atoms with Crippen molar-refractivity contribution < 1.29 is 9.53 Å². The number of carbonyl (C=O) groups excluding carboxylic acids is 1. The first-order valence-corrected chi connectivity index (χ1v) is 4.89. The number of carbonyl (C=O) groups is 1. The standard InChI is InChI=1S/C11H16N2O2/c1-3-13-11(14)7-15-10-5-4-9(12)6-8(10)2/h4-6H,3,7,12H2,1-2H3,(H,13,14). The molecule has 0 saturated carbocycles. The van der Waals surface area contributed by atoms with Gasteiger partial charge >= 0.3 is 0 Å². The average Bonchev–Trinajstić information content (AvgIpc) is 2.17. The van der Waals surface area contributed by atoms with E-state index in [2.05, 4.69) is 5.32 Å². The number of hydrogen-bond donors (Lipinski definition) is 2. The van der Waals surface area contributed by atoms with Crippen molar-refractivity contribution in [2.24, 2.45) is 0 Å². The van der Waals surface area contributed by atoms with Crippen LogP contribution in [0.25, 0.3) is 0 Å². The number of anilines is 1. The van der Waals surface area contributed by atoms with Gasteiger partial charge in [0, 0.05) is 12.2 Å². The molecular formula is C11H16N2O2. The Balaban J connectivity index is 2.54. The van der Waals surface area contributed by atoms with Gasteiger partial charge in [-0.3, -0.25) is 4.79 Å². The number of nitrogens with one attached hydrogen (secondary N) is 1. The number of hydrogen-bond acceptors (Lipinski definition) is 3. The Morgan fingerprint density at radius 1 is 1.53 bits per heavy atom. The molecule has 1 aromatic carbocycles. The molecule has 0 radical (unpaired) electrons. The summed E-state index contributed by atoms with van der Waals surface area (Å²) in [4.78, 5) is 11.1. The molecule has 0 aliphatic rings. The van der Waals surface area contributed by atoms with Crippen LogP contribution in [-0.2, 0) is 4.79 Å². The summed E-state index contributed by atoms with van der Waals surface area (Å²) >= 11 is 0. The van der Waals surface area contributed by atoms with Crippen molar-refractivity contribution in [1.29, 1.82) is 0 Å². The van der Waals surface area contributed by atoms with Crippen LogP contribution in [0.5, 0.6) is 5.75 Å². The van der Waals surface area contributed by atoms with Crippen molar-refractivity contribution in [2.45, 2.75) is 13.8 Å². The number of amides is 1. The Hall–Kier alpha value is -1.71. The van der Waals surface area contributed by atoms with Crippen LogP contribution in [0, 0.1) is 6.92 Å². The summed E-state index contributed by atoms with van der Waals surface area (Å²) in [5, 5.41) is 2.66. The average molecular weight is 208 g/mol. The highest BCUT2D eigenvalue weighted by atomic mass is 16.5. The molecule has 1 amide bonds. The zero-order valence-corrected chi connectivity index (χ0v) is 9.04. The van der Waals surface area contributed by atoms with Gasteiger partial charge in [0.1, 0.15) is 5.75 Å². The lowest BCUT2D eigenvalue weighted by molar-refractivity contribution is -0.122. The highest BCUT2D eigenvalue weighted by molar-refractivity contribution is 5.77. The molecule has 0 atom stereocenters. The molecule has 4 heteroatoms. The van der Waals surface area contributed by atoms with E-state index in [0.717, 1.165) is 5.56 Å². The minimum atomic E-state index is -0.117. The Morgan fingerprint density at radius 3 is 2.87 bits per heavy atom. The van der Waals surface area contributed by atoms with Gasteiger partial charge in [-0.1, -0.05) is 0 Å². The monoisotopic (exact) mass is 208 g/mol. The SMILES string of the molecule is CCNC(=O)COc1ccc(N)cc1C. The second-order valence-corrected chi connectivity index (χ2v) is 3.27. The first-order valence-electron chi connectivity index (χ1n) is 4.89. The van der Waals surface area contributed by atoms with E-state index in [4.69, 9.17) is 10.5 Å². The summed E-state index contributed by atoms with van der Waals surface area (Å²) in [6.45, 7) is 4.41. The lowest BCUT2D eigenvalue weighted by atomic mass is 10.2. The quantitative estimate of drug-likeness (QED) is 0.728. The van der Waals surface area contributed by atoms with E-state index in [1.165, 1.54) is 0 Å². The molecule has 82 valence electrons. The molecule has 3 N–H and O–H groups in total. The molecule has 4 nitrogen and oxygen atoms in total. The fourth-order valence-electron chi connectivity index (χ4n) is 1.23. The van der Waals surface area contributed by atoms with Gasteiger partial charge in [-0.15, -0.1) is 0 Å². The number of rotatable bonds is 4. The van der Waals surface area contributed by atoms with Crippen LogP contribution in [0.4, 0.5) is 5.69 Å². The van der Waals surface area contributed by atoms with Crippen LogP contribution in [0.2, 0.25) is 0 Å². The first-order chi connectivity index (χ1) is 7.13. The molecule has 0 aliphatic heterocycles. The van der Waals surface area contributed by atoms with Gasteiger partial charge < -0.3 is 15.8 Å². The van der Waals surface area contributed by atoms with Gasteiger partial charge in [-0.05, 0) is 37.6 Å². The summed E-state index contributed by atoms with van der Waals surface area (Å²) in [6, 6.07) is 5.33. The second kappa shape index (κ2) is 5.24. The third-order valence-corrected chi connectivity index (χ3v) is 1.93. The fourth-order valence-corrected chi connectivity index (χ4v) is 1.23. The summed E-state index contributed by atoms with van der Waals surface area (Å²) in [5.74, 6) is 0.573. The lowest BCUT2D eigenvalue weighted by Gasteiger charge is -2.09. The molecule has 0 unspecified atom stereocenters. The van der Waals surface area contributed by atoms with Crippen molar-refractivity contribution in [3.8, 4) is 5.75 Å². The number of aryl methyl sites for hydroxylation is 1. The van der Waals surface area contributed by atoms with E-state index in [1.807, 2.05) is 19.9 Å². The van der Waals surface area contributed by atoms with Crippen LogP contribution >= 0.6 is 0 Å². The van der Waals surface area contributed by atoms with Crippen LogP contribution in [0.1, 0.15) is 12.5 Å². The Kier molecular flexibility index (Phi) is 3.97. The fraction of sp³-hybridized carbons (Fsp3) is 0.364. The van der Waals surface area contributed by atoms with Gasteiger partial charge in [0.05, 0.1) is 0 Å². The molecule has 1 aromatic rings. The molecule has 0 aromatic heterocycles. The Morgan fingerprint density at radius 2 is 2.27 bits per heavy atom. The van der Waals surface area contributed by atoms with Gasteiger partial charge in [-0.25, -0.2) is 0 Å². The molecule has 1 rings (SSSR count). The zero-order valence-electron chi connectivity index (χ0n) is 9.04. The molecule has 0 fully saturated rings. The molecule has 0 heterocycles. The smallest absolute Gasteiger partial charge is 0.257 e. The number of likely N-dealkylation sites (N-methyl/N-ethyl adjacent to an activating group) is 1. The molecule has 0 bridgehead atoms. The van der Waals surface area contributed by atoms with Crippen LogP contribution in [0.3, 0.4) is 0 Å². The van der Waals surface area contributed by atoms with Crippen molar-refractivity contribution in [1.82, 2.24) is 5.32 Å². The van der Waals surface area contributed by atoms with Crippen molar-refractivity contribution in [3.63, 3.8) is 0 Å². The number of nitrogens with two attached hydrogens (primary N) is 1. The van der Waals surface area contributed by atoms with Gasteiger partial charge in [0.2, 0.25) is 0 Å². The molecule has 0 saturated heterocycles. The molecule has 0 aliphatic carbocycles. The predicted molar refractivity (Wildman–Crippen MR) is 59.8 cm³/mol. The van der Waals surface area contributed by atoms with E-state index in [1.54, 1.807) is 12.1 Å². The van der Waals surface area contributed by atoms with Crippen LogP contribution in [-0.4, -0.2) is 19.1 Å². The van der Waals surface area contributed by atoms with E-state index in [9.17, 15) is 4.79 Å². The van der Waals surface area contributed by atoms with Gasteiger partial charge in [-0.2, -0.15) is 0 Å².